The van der Waals surface area contributed by atoms with Crippen LogP contribution in [0.3, 0.4) is 0 Å². The van der Waals surface area contributed by atoms with Gasteiger partial charge in [0, 0.05) is 20.2 Å². The number of methoxy groups -OCH3 is 1. The Balaban J connectivity index is 2.36. The molecule has 1 unspecified atom stereocenters. The fourth-order valence-corrected chi connectivity index (χ4v) is 4.67. The molecule has 1 fully saturated rings. The number of benzene rings is 1. The molecule has 1 aromatic carbocycles. The molecule has 1 aromatic rings. The van der Waals surface area contributed by atoms with Gasteiger partial charge >= 0.3 is 0 Å². The Labute approximate surface area is 137 Å². The van der Waals surface area contributed by atoms with E-state index in [1.54, 1.807) is 20.1 Å². The van der Waals surface area contributed by atoms with Crippen LogP contribution in [0.15, 0.2) is 23.1 Å². The van der Waals surface area contributed by atoms with E-state index in [2.05, 4.69) is 0 Å². The lowest BCUT2D eigenvalue weighted by Crippen LogP contribution is -2.55. The second-order valence-electron chi connectivity index (χ2n) is 6.34. The SMILES string of the molecule is COCC1CN(S(=O)(=O)c2ccc(C#N)cc2C)CC(C)(C)O1. The molecule has 1 heterocycles. The van der Waals surface area contributed by atoms with Gasteiger partial charge in [0.2, 0.25) is 10.0 Å². The molecule has 1 aliphatic heterocycles. The maximum atomic E-state index is 13.0. The highest BCUT2D eigenvalue weighted by molar-refractivity contribution is 7.89. The smallest absolute Gasteiger partial charge is 0.243 e. The van der Waals surface area contributed by atoms with Gasteiger partial charge in [0.25, 0.3) is 0 Å². The third-order valence-corrected chi connectivity index (χ3v) is 5.70. The van der Waals surface area contributed by atoms with Gasteiger partial charge in [-0.15, -0.1) is 0 Å². The molecule has 0 spiro atoms. The van der Waals surface area contributed by atoms with E-state index < -0.39 is 15.6 Å². The molecular formula is C16H22N2O4S. The van der Waals surface area contributed by atoms with Gasteiger partial charge in [-0.25, -0.2) is 8.42 Å². The molecule has 0 radical (unpaired) electrons. The Morgan fingerprint density at radius 3 is 2.74 bits per heavy atom. The zero-order chi connectivity index (χ0) is 17.3. The summed E-state index contributed by atoms with van der Waals surface area (Å²) in [5, 5.41) is 8.93. The molecule has 0 bridgehead atoms. The number of ether oxygens (including phenoxy) is 2. The van der Waals surface area contributed by atoms with E-state index in [0.717, 1.165) is 0 Å². The van der Waals surface area contributed by atoms with Gasteiger partial charge in [0.1, 0.15) is 0 Å². The molecule has 1 aliphatic rings. The number of hydrogen-bond donors (Lipinski definition) is 0. The number of rotatable bonds is 4. The first-order valence-corrected chi connectivity index (χ1v) is 8.81. The van der Waals surface area contributed by atoms with Crippen molar-refractivity contribution in [2.75, 3.05) is 26.8 Å². The first kappa shape index (κ1) is 17.9. The molecule has 7 heteroatoms. The lowest BCUT2D eigenvalue weighted by atomic mass is 10.1. The van der Waals surface area contributed by atoms with Crippen LogP contribution in [0.25, 0.3) is 0 Å². The summed E-state index contributed by atoms with van der Waals surface area (Å²) >= 11 is 0. The maximum absolute atomic E-state index is 13.0. The lowest BCUT2D eigenvalue weighted by molar-refractivity contribution is -0.135. The second kappa shape index (κ2) is 6.57. The summed E-state index contributed by atoms with van der Waals surface area (Å²) in [5.41, 5.74) is 0.423. The van der Waals surface area contributed by atoms with Crippen molar-refractivity contribution < 1.29 is 17.9 Å². The van der Waals surface area contributed by atoms with E-state index in [1.807, 2.05) is 19.9 Å². The van der Waals surface area contributed by atoms with E-state index in [0.29, 0.717) is 17.7 Å². The monoisotopic (exact) mass is 338 g/mol. The summed E-state index contributed by atoms with van der Waals surface area (Å²) in [4.78, 5) is 0.227. The quantitative estimate of drug-likeness (QED) is 0.834. The minimum absolute atomic E-state index is 0.227. The molecular weight excluding hydrogens is 316 g/mol. The summed E-state index contributed by atoms with van der Waals surface area (Å²) < 4.78 is 38.4. The fourth-order valence-electron chi connectivity index (χ4n) is 2.85. The van der Waals surface area contributed by atoms with E-state index in [9.17, 15) is 8.42 Å². The van der Waals surface area contributed by atoms with E-state index in [-0.39, 0.29) is 24.1 Å². The average molecular weight is 338 g/mol. The number of morpholine rings is 1. The van der Waals surface area contributed by atoms with Crippen molar-refractivity contribution in [3.63, 3.8) is 0 Å². The van der Waals surface area contributed by atoms with Gasteiger partial charge in [-0.05, 0) is 44.5 Å². The number of aryl methyl sites for hydroxylation is 1. The summed E-state index contributed by atoms with van der Waals surface area (Å²) in [6.07, 6.45) is -0.308. The molecule has 0 saturated carbocycles. The zero-order valence-corrected chi connectivity index (χ0v) is 14.7. The summed E-state index contributed by atoms with van der Waals surface area (Å²) in [5.74, 6) is 0. The lowest BCUT2D eigenvalue weighted by Gasteiger charge is -2.41. The van der Waals surface area contributed by atoms with E-state index in [4.69, 9.17) is 14.7 Å². The van der Waals surface area contributed by atoms with Gasteiger partial charge in [-0.1, -0.05) is 0 Å². The van der Waals surface area contributed by atoms with Crippen molar-refractivity contribution in [1.82, 2.24) is 4.31 Å². The van der Waals surface area contributed by atoms with Crippen LogP contribution >= 0.6 is 0 Å². The second-order valence-corrected chi connectivity index (χ2v) is 8.25. The van der Waals surface area contributed by atoms with Crippen molar-refractivity contribution in [2.24, 2.45) is 0 Å². The molecule has 0 N–H and O–H groups in total. The predicted molar refractivity (Wildman–Crippen MR) is 85.5 cm³/mol. The van der Waals surface area contributed by atoms with Crippen molar-refractivity contribution in [3.05, 3.63) is 29.3 Å². The first-order valence-electron chi connectivity index (χ1n) is 7.37. The van der Waals surface area contributed by atoms with Crippen molar-refractivity contribution in [1.29, 1.82) is 5.26 Å². The Bertz CT molecular complexity index is 722. The Hall–Kier alpha value is -1.46. The molecule has 2 rings (SSSR count). The minimum Gasteiger partial charge on any atom is -0.382 e. The third-order valence-electron chi connectivity index (χ3n) is 3.72. The van der Waals surface area contributed by atoms with E-state index in [1.165, 1.54) is 16.4 Å². The molecule has 23 heavy (non-hydrogen) atoms. The summed E-state index contributed by atoms with van der Waals surface area (Å²) in [7, 11) is -2.09. The standard InChI is InChI=1S/C16H22N2O4S/c1-12-7-13(8-17)5-6-15(12)23(19,20)18-9-14(10-21-4)22-16(2,3)11-18/h5-7,14H,9-11H2,1-4H3. The van der Waals surface area contributed by atoms with E-state index >= 15 is 0 Å². The van der Waals surface area contributed by atoms with Gasteiger partial charge in [-0.2, -0.15) is 9.57 Å². The topological polar surface area (TPSA) is 79.6 Å². The highest BCUT2D eigenvalue weighted by Gasteiger charge is 2.39. The molecule has 0 aliphatic carbocycles. The van der Waals surface area contributed by atoms with Crippen LogP contribution in [0.1, 0.15) is 25.0 Å². The van der Waals surface area contributed by atoms with Gasteiger partial charge in [0.05, 0.1) is 34.8 Å². The number of sulfonamides is 1. The van der Waals surface area contributed by atoms with Gasteiger partial charge < -0.3 is 9.47 Å². The zero-order valence-electron chi connectivity index (χ0n) is 13.9. The molecule has 1 saturated heterocycles. The van der Waals surface area contributed by atoms with Crippen LogP contribution in [0.4, 0.5) is 0 Å². The molecule has 6 nitrogen and oxygen atoms in total. The maximum Gasteiger partial charge on any atom is 0.243 e. The largest absolute Gasteiger partial charge is 0.382 e. The normalized spacial score (nSPS) is 21.8. The summed E-state index contributed by atoms with van der Waals surface area (Å²) in [6.45, 7) is 6.29. The number of nitrogens with zero attached hydrogens (tertiary/aromatic N) is 2. The van der Waals surface area contributed by atoms with Crippen LogP contribution in [0, 0.1) is 18.3 Å². The highest BCUT2D eigenvalue weighted by Crippen LogP contribution is 2.28. The molecule has 0 aromatic heterocycles. The van der Waals surface area contributed by atoms with Gasteiger partial charge in [0.15, 0.2) is 0 Å². The molecule has 0 amide bonds. The van der Waals surface area contributed by atoms with Crippen LogP contribution < -0.4 is 0 Å². The van der Waals surface area contributed by atoms with Crippen LogP contribution in [0.2, 0.25) is 0 Å². The molecule has 1 atom stereocenters. The van der Waals surface area contributed by atoms with Gasteiger partial charge in [-0.3, -0.25) is 0 Å². The van der Waals surface area contributed by atoms with Crippen molar-refractivity contribution in [3.8, 4) is 6.07 Å². The minimum atomic E-state index is -3.65. The fraction of sp³-hybridized carbons (Fsp3) is 0.562. The predicted octanol–water partition coefficient (Wildman–Crippen LogP) is 1.68. The van der Waals surface area contributed by atoms with Crippen molar-refractivity contribution >= 4 is 10.0 Å². The van der Waals surface area contributed by atoms with Crippen LogP contribution in [0.5, 0.6) is 0 Å². The van der Waals surface area contributed by atoms with Crippen LogP contribution in [-0.4, -0.2) is 51.2 Å². The highest BCUT2D eigenvalue weighted by atomic mass is 32.2. The average Bonchev–Trinajstić information content (AvgIpc) is 2.45. The Kier molecular flexibility index (Phi) is 5.11. The van der Waals surface area contributed by atoms with Crippen molar-refractivity contribution in [2.45, 2.75) is 37.4 Å². The summed E-state index contributed by atoms with van der Waals surface area (Å²) in [6, 6.07) is 6.63. The first-order chi connectivity index (χ1) is 10.7. The Morgan fingerprint density at radius 2 is 2.17 bits per heavy atom. The number of hydrogen-bond acceptors (Lipinski definition) is 5. The van der Waals surface area contributed by atoms with Crippen LogP contribution in [-0.2, 0) is 19.5 Å². The Morgan fingerprint density at radius 1 is 1.48 bits per heavy atom. The third kappa shape index (κ3) is 3.90. The molecule has 126 valence electrons. The number of nitriles is 1.